The smallest absolute Gasteiger partial charge is 0.0593 e. The van der Waals surface area contributed by atoms with Crippen molar-refractivity contribution < 1.29 is 9.47 Å². The second-order valence-corrected chi connectivity index (χ2v) is 4.84. The molecule has 0 saturated carbocycles. The van der Waals surface area contributed by atoms with Gasteiger partial charge >= 0.3 is 0 Å². The minimum atomic E-state index is 0.655. The van der Waals surface area contributed by atoms with Crippen molar-refractivity contribution in [3.8, 4) is 0 Å². The van der Waals surface area contributed by atoms with Crippen molar-refractivity contribution in [2.75, 3.05) is 52.6 Å². The Morgan fingerprint density at radius 3 is 2.22 bits per heavy atom. The first-order valence-electron chi connectivity index (χ1n) is 7.48. The highest BCUT2D eigenvalue weighted by Gasteiger charge is 2.16. The van der Waals surface area contributed by atoms with Gasteiger partial charge in [0, 0.05) is 38.9 Å². The average Bonchev–Trinajstić information content (AvgIpc) is 2.40. The molecular weight excluding hydrogens is 228 g/mol. The normalized spacial score (nSPS) is 20.5. The summed E-state index contributed by atoms with van der Waals surface area (Å²) in [6.07, 6.45) is 4.00. The van der Waals surface area contributed by atoms with E-state index in [2.05, 4.69) is 10.2 Å². The van der Waals surface area contributed by atoms with Crippen molar-refractivity contribution in [3.63, 3.8) is 0 Å². The van der Waals surface area contributed by atoms with E-state index in [1.54, 1.807) is 0 Å². The number of ether oxygens (including phenoxy) is 2. The number of nitrogens with zero attached hydrogens (tertiary/aromatic N) is 1. The van der Waals surface area contributed by atoms with E-state index in [4.69, 9.17) is 9.47 Å². The fourth-order valence-electron chi connectivity index (χ4n) is 2.36. The Morgan fingerprint density at radius 1 is 1.06 bits per heavy atom. The van der Waals surface area contributed by atoms with Gasteiger partial charge in [0.05, 0.1) is 13.2 Å². The standard InChI is InChI=1S/C14H30N2O2/c1-3-17-11-9-16(10-12-18-4-2)13-14-7-5-6-8-15-14/h14-15H,3-13H2,1-2H3/t14-/m0/s1. The molecule has 1 fully saturated rings. The topological polar surface area (TPSA) is 33.7 Å². The van der Waals surface area contributed by atoms with E-state index < -0.39 is 0 Å². The molecule has 0 radical (unpaired) electrons. The van der Waals surface area contributed by atoms with Gasteiger partial charge < -0.3 is 14.8 Å². The molecule has 4 heteroatoms. The molecule has 0 aromatic rings. The Morgan fingerprint density at radius 2 is 1.72 bits per heavy atom. The maximum absolute atomic E-state index is 5.46. The molecule has 0 aromatic heterocycles. The number of hydrogen-bond acceptors (Lipinski definition) is 4. The highest BCUT2D eigenvalue weighted by molar-refractivity contribution is 4.76. The lowest BCUT2D eigenvalue weighted by Crippen LogP contribution is -2.45. The molecule has 0 amide bonds. The molecular formula is C14H30N2O2. The number of hydrogen-bond donors (Lipinski definition) is 1. The van der Waals surface area contributed by atoms with Crippen LogP contribution < -0.4 is 5.32 Å². The average molecular weight is 258 g/mol. The van der Waals surface area contributed by atoms with Gasteiger partial charge in [-0.25, -0.2) is 0 Å². The zero-order chi connectivity index (χ0) is 13.1. The van der Waals surface area contributed by atoms with Crippen LogP contribution in [0.5, 0.6) is 0 Å². The predicted octanol–water partition coefficient (Wildman–Crippen LogP) is 1.50. The van der Waals surface area contributed by atoms with Crippen LogP contribution in [0, 0.1) is 0 Å². The summed E-state index contributed by atoms with van der Waals surface area (Å²) in [7, 11) is 0. The summed E-state index contributed by atoms with van der Waals surface area (Å²) < 4.78 is 10.9. The maximum atomic E-state index is 5.46. The van der Waals surface area contributed by atoms with E-state index in [9.17, 15) is 0 Å². The van der Waals surface area contributed by atoms with Crippen LogP contribution in [0.2, 0.25) is 0 Å². The second-order valence-electron chi connectivity index (χ2n) is 4.84. The summed E-state index contributed by atoms with van der Waals surface area (Å²) in [6, 6.07) is 0.655. The van der Waals surface area contributed by atoms with Gasteiger partial charge in [0.1, 0.15) is 0 Å². The van der Waals surface area contributed by atoms with E-state index in [-0.39, 0.29) is 0 Å². The number of piperidine rings is 1. The van der Waals surface area contributed by atoms with Crippen LogP contribution >= 0.6 is 0 Å². The zero-order valence-corrected chi connectivity index (χ0v) is 12.1. The van der Waals surface area contributed by atoms with Gasteiger partial charge in [0.25, 0.3) is 0 Å². The van der Waals surface area contributed by atoms with Crippen LogP contribution in [0.15, 0.2) is 0 Å². The molecule has 1 N–H and O–H groups in total. The molecule has 0 aromatic carbocycles. The molecule has 1 aliphatic heterocycles. The van der Waals surface area contributed by atoms with Gasteiger partial charge in [-0.1, -0.05) is 6.42 Å². The lowest BCUT2D eigenvalue weighted by molar-refractivity contribution is 0.0767. The molecule has 0 aliphatic carbocycles. The summed E-state index contributed by atoms with van der Waals surface area (Å²) in [5.74, 6) is 0. The molecule has 108 valence electrons. The minimum Gasteiger partial charge on any atom is -0.380 e. The van der Waals surface area contributed by atoms with Crippen LogP contribution in [0.25, 0.3) is 0 Å². The second kappa shape index (κ2) is 10.7. The van der Waals surface area contributed by atoms with Gasteiger partial charge in [-0.2, -0.15) is 0 Å². The molecule has 0 bridgehead atoms. The molecule has 1 rings (SSSR count). The molecule has 1 atom stereocenters. The Bertz CT molecular complexity index is 175. The number of rotatable bonds is 10. The lowest BCUT2D eigenvalue weighted by atomic mass is 10.0. The SMILES string of the molecule is CCOCCN(CCOCC)C[C@@H]1CCCCN1. The van der Waals surface area contributed by atoms with Crippen molar-refractivity contribution in [3.05, 3.63) is 0 Å². The Balaban J connectivity index is 2.22. The van der Waals surface area contributed by atoms with Gasteiger partial charge in [-0.05, 0) is 33.2 Å². The molecule has 1 saturated heterocycles. The van der Waals surface area contributed by atoms with Crippen molar-refractivity contribution in [1.82, 2.24) is 10.2 Å². The summed E-state index contributed by atoms with van der Waals surface area (Å²) >= 11 is 0. The summed E-state index contributed by atoms with van der Waals surface area (Å²) in [5, 5.41) is 3.61. The highest BCUT2D eigenvalue weighted by atomic mass is 16.5. The predicted molar refractivity (Wildman–Crippen MR) is 75.1 cm³/mol. The maximum Gasteiger partial charge on any atom is 0.0593 e. The van der Waals surface area contributed by atoms with Crippen LogP contribution in [0.4, 0.5) is 0 Å². The van der Waals surface area contributed by atoms with E-state index in [1.807, 2.05) is 13.8 Å². The third kappa shape index (κ3) is 7.31. The molecule has 1 heterocycles. The first kappa shape index (κ1) is 15.9. The summed E-state index contributed by atoms with van der Waals surface area (Å²) in [5.41, 5.74) is 0. The van der Waals surface area contributed by atoms with E-state index in [0.29, 0.717) is 6.04 Å². The molecule has 0 spiro atoms. The van der Waals surface area contributed by atoms with Crippen LogP contribution in [0.3, 0.4) is 0 Å². The third-order valence-electron chi connectivity index (χ3n) is 3.40. The van der Waals surface area contributed by atoms with E-state index in [0.717, 1.165) is 46.1 Å². The lowest BCUT2D eigenvalue weighted by Gasteiger charge is -2.30. The van der Waals surface area contributed by atoms with Crippen LogP contribution in [0.1, 0.15) is 33.1 Å². The van der Waals surface area contributed by atoms with Crippen LogP contribution in [-0.4, -0.2) is 63.5 Å². The van der Waals surface area contributed by atoms with Gasteiger partial charge in [-0.3, -0.25) is 4.90 Å². The molecule has 1 aliphatic rings. The van der Waals surface area contributed by atoms with Crippen LogP contribution in [-0.2, 0) is 9.47 Å². The quantitative estimate of drug-likeness (QED) is 0.602. The van der Waals surface area contributed by atoms with Gasteiger partial charge in [-0.15, -0.1) is 0 Å². The largest absolute Gasteiger partial charge is 0.380 e. The highest BCUT2D eigenvalue weighted by Crippen LogP contribution is 2.08. The van der Waals surface area contributed by atoms with Gasteiger partial charge in [0.15, 0.2) is 0 Å². The Labute approximate surface area is 112 Å². The third-order valence-corrected chi connectivity index (χ3v) is 3.40. The van der Waals surface area contributed by atoms with Gasteiger partial charge in [0.2, 0.25) is 0 Å². The fraction of sp³-hybridized carbons (Fsp3) is 1.00. The monoisotopic (exact) mass is 258 g/mol. The number of nitrogens with one attached hydrogen (secondary N) is 1. The molecule has 18 heavy (non-hydrogen) atoms. The first-order chi connectivity index (χ1) is 8.86. The minimum absolute atomic E-state index is 0.655. The van der Waals surface area contributed by atoms with Crippen molar-refractivity contribution >= 4 is 0 Å². The molecule has 0 unspecified atom stereocenters. The Kier molecular flexibility index (Phi) is 9.48. The summed E-state index contributed by atoms with van der Waals surface area (Å²) in [4.78, 5) is 2.47. The van der Waals surface area contributed by atoms with Crippen molar-refractivity contribution in [2.45, 2.75) is 39.2 Å². The first-order valence-corrected chi connectivity index (χ1v) is 7.48. The summed E-state index contributed by atoms with van der Waals surface area (Å²) in [6.45, 7) is 11.7. The van der Waals surface area contributed by atoms with E-state index in [1.165, 1.54) is 25.8 Å². The van der Waals surface area contributed by atoms with Crippen molar-refractivity contribution in [2.24, 2.45) is 0 Å². The Hall–Kier alpha value is -0.160. The fourth-order valence-corrected chi connectivity index (χ4v) is 2.36. The molecule has 4 nitrogen and oxygen atoms in total. The van der Waals surface area contributed by atoms with E-state index >= 15 is 0 Å². The van der Waals surface area contributed by atoms with Crippen molar-refractivity contribution in [1.29, 1.82) is 0 Å². The zero-order valence-electron chi connectivity index (χ0n) is 12.1.